The van der Waals surface area contributed by atoms with E-state index in [-0.39, 0.29) is 11.9 Å². The highest BCUT2D eigenvalue weighted by Crippen LogP contribution is 2.40. The summed E-state index contributed by atoms with van der Waals surface area (Å²) in [5, 5.41) is 13.8. The van der Waals surface area contributed by atoms with Crippen molar-refractivity contribution in [3.8, 4) is 11.4 Å². The van der Waals surface area contributed by atoms with Crippen LogP contribution in [0.4, 0.5) is 0 Å². The molecule has 0 radical (unpaired) electrons. The molecule has 0 saturated heterocycles. The summed E-state index contributed by atoms with van der Waals surface area (Å²) >= 11 is 4.99. The number of carbonyl (C=O) groups is 1. The number of nitrogens with zero attached hydrogens (tertiary/aromatic N) is 4. The fourth-order valence-electron chi connectivity index (χ4n) is 4.03. The molecule has 0 aliphatic carbocycles. The van der Waals surface area contributed by atoms with Gasteiger partial charge in [-0.05, 0) is 41.8 Å². The van der Waals surface area contributed by atoms with E-state index >= 15 is 0 Å². The molecule has 1 aliphatic rings. The standard InChI is InChI=1S/C23H22N4OS3/c1-2-26-22(16-7-4-3-5-8-16)24-25-23(26)31-15-20(28)27-12-10-18-17(11-14-30-18)21(27)19-9-6-13-29-19/h3-9,11,13-14,21H,2,10,12,15H2,1H3. The van der Waals surface area contributed by atoms with Gasteiger partial charge in [0.15, 0.2) is 11.0 Å². The van der Waals surface area contributed by atoms with Crippen LogP contribution in [0, 0.1) is 0 Å². The van der Waals surface area contributed by atoms with Crippen LogP contribution in [0.2, 0.25) is 0 Å². The largest absolute Gasteiger partial charge is 0.330 e. The number of hydrogen-bond donors (Lipinski definition) is 0. The number of aromatic nitrogens is 3. The van der Waals surface area contributed by atoms with E-state index in [1.165, 1.54) is 27.1 Å². The van der Waals surface area contributed by atoms with E-state index in [0.717, 1.165) is 36.1 Å². The van der Waals surface area contributed by atoms with E-state index in [9.17, 15) is 4.79 Å². The van der Waals surface area contributed by atoms with Crippen molar-refractivity contribution in [3.63, 3.8) is 0 Å². The number of thioether (sulfide) groups is 1. The normalized spacial score (nSPS) is 15.8. The first-order valence-corrected chi connectivity index (χ1v) is 13.0. The predicted octanol–water partition coefficient (Wildman–Crippen LogP) is 5.35. The van der Waals surface area contributed by atoms with Gasteiger partial charge in [0.1, 0.15) is 0 Å². The van der Waals surface area contributed by atoms with Gasteiger partial charge in [0.2, 0.25) is 5.91 Å². The summed E-state index contributed by atoms with van der Waals surface area (Å²) in [5.74, 6) is 1.34. The van der Waals surface area contributed by atoms with Crippen molar-refractivity contribution in [1.29, 1.82) is 0 Å². The Morgan fingerprint density at radius 3 is 2.74 bits per heavy atom. The molecule has 0 fully saturated rings. The topological polar surface area (TPSA) is 51.0 Å². The Kier molecular flexibility index (Phi) is 5.93. The zero-order valence-corrected chi connectivity index (χ0v) is 19.6. The molecule has 0 saturated carbocycles. The molecule has 1 aliphatic heterocycles. The van der Waals surface area contributed by atoms with Crippen molar-refractivity contribution in [2.75, 3.05) is 12.3 Å². The zero-order valence-electron chi connectivity index (χ0n) is 17.1. The number of thiophene rings is 2. The molecule has 1 unspecified atom stereocenters. The Hall–Kier alpha value is -2.42. The number of fused-ring (bicyclic) bond motifs is 1. The summed E-state index contributed by atoms with van der Waals surface area (Å²) in [7, 11) is 0. The molecular formula is C23H22N4OS3. The monoisotopic (exact) mass is 466 g/mol. The van der Waals surface area contributed by atoms with Gasteiger partial charge in [-0.25, -0.2) is 0 Å². The van der Waals surface area contributed by atoms with Gasteiger partial charge in [0, 0.05) is 28.4 Å². The molecule has 5 rings (SSSR count). The third-order valence-electron chi connectivity index (χ3n) is 5.49. The highest BCUT2D eigenvalue weighted by Gasteiger charge is 2.33. The molecule has 1 atom stereocenters. The Morgan fingerprint density at radius 2 is 1.97 bits per heavy atom. The third kappa shape index (κ3) is 3.95. The first-order chi connectivity index (χ1) is 15.3. The summed E-state index contributed by atoms with van der Waals surface area (Å²) in [6.07, 6.45) is 0.925. The summed E-state index contributed by atoms with van der Waals surface area (Å²) < 4.78 is 2.08. The number of hydrogen-bond acceptors (Lipinski definition) is 6. The van der Waals surface area contributed by atoms with Crippen LogP contribution < -0.4 is 0 Å². The van der Waals surface area contributed by atoms with Gasteiger partial charge in [-0.1, -0.05) is 48.2 Å². The van der Waals surface area contributed by atoms with Crippen LogP contribution >= 0.6 is 34.4 Å². The number of rotatable bonds is 6. The second-order valence-electron chi connectivity index (χ2n) is 7.26. The Morgan fingerprint density at radius 1 is 1.10 bits per heavy atom. The molecular weight excluding hydrogens is 444 g/mol. The molecule has 4 heterocycles. The molecule has 4 aromatic rings. The van der Waals surface area contributed by atoms with Crippen molar-refractivity contribution in [2.45, 2.75) is 31.1 Å². The van der Waals surface area contributed by atoms with Crippen molar-refractivity contribution in [2.24, 2.45) is 0 Å². The minimum Gasteiger partial charge on any atom is -0.330 e. The van der Waals surface area contributed by atoms with Gasteiger partial charge in [0.25, 0.3) is 0 Å². The molecule has 1 amide bonds. The lowest BCUT2D eigenvalue weighted by molar-refractivity contribution is -0.130. The Labute approximate surface area is 193 Å². The molecule has 0 bridgehead atoms. The second kappa shape index (κ2) is 8.98. The third-order valence-corrected chi connectivity index (χ3v) is 8.36. The van der Waals surface area contributed by atoms with Crippen LogP contribution in [0.25, 0.3) is 11.4 Å². The maximum absolute atomic E-state index is 13.3. The van der Waals surface area contributed by atoms with Crippen LogP contribution in [-0.2, 0) is 17.8 Å². The van der Waals surface area contributed by atoms with E-state index in [0.29, 0.717) is 5.75 Å². The van der Waals surface area contributed by atoms with Gasteiger partial charge in [-0.2, -0.15) is 0 Å². The van der Waals surface area contributed by atoms with Crippen molar-refractivity contribution in [1.82, 2.24) is 19.7 Å². The fraction of sp³-hybridized carbons (Fsp3) is 0.261. The van der Waals surface area contributed by atoms with Crippen LogP contribution in [0.5, 0.6) is 0 Å². The summed E-state index contributed by atoms with van der Waals surface area (Å²) in [6.45, 7) is 3.59. The average molecular weight is 467 g/mol. The van der Waals surface area contributed by atoms with Crippen LogP contribution in [0.3, 0.4) is 0 Å². The first-order valence-electron chi connectivity index (χ1n) is 10.3. The molecule has 0 N–H and O–H groups in total. The average Bonchev–Trinajstić information content (AvgIpc) is 3.57. The Balaban J connectivity index is 1.36. The Bertz CT molecular complexity index is 1170. The number of carbonyl (C=O) groups excluding carboxylic acids is 1. The lowest BCUT2D eigenvalue weighted by Gasteiger charge is -2.35. The minimum atomic E-state index is 0.0204. The van der Waals surface area contributed by atoms with E-state index in [1.807, 2.05) is 35.2 Å². The van der Waals surface area contributed by atoms with Crippen LogP contribution in [0.15, 0.2) is 64.4 Å². The van der Waals surface area contributed by atoms with Crippen molar-refractivity contribution >= 4 is 40.3 Å². The molecule has 0 spiro atoms. The van der Waals surface area contributed by atoms with Crippen molar-refractivity contribution < 1.29 is 4.79 Å². The molecule has 1 aromatic carbocycles. The summed E-state index contributed by atoms with van der Waals surface area (Å²) in [6, 6.07) is 16.5. The van der Waals surface area contributed by atoms with E-state index in [4.69, 9.17) is 0 Å². The zero-order chi connectivity index (χ0) is 21.2. The minimum absolute atomic E-state index is 0.0204. The van der Waals surface area contributed by atoms with Gasteiger partial charge in [0.05, 0.1) is 11.8 Å². The lowest BCUT2D eigenvalue weighted by Crippen LogP contribution is -2.40. The highest BCUT2D eigenvalue weighted by atomic mass is 32.2. The van der Waals surface area contributed by atoms with Gasteiger partial charge in [-0.3, -0.25) is 4.79 Å². The predicted molar refractivity (Wildman–Crippen MR) is 128 cm³/mol. The van der Waals surface area contributed by atoms with Gasteiger partial charge >= 0.3 is 0 Å². The molecule has 8 heteroatoms. The van der Waals surface area contributed by atoms with Crippen LogP contribution in [-0.4, -0.2) is 37.9 Å². The number of amides is 1. The van der Waals surface area contributed by atoms with Crippen LogP contribution in [0.1, 0.15) is 28.3 Å². The van der Waals surface area contributed by atoms with E-state index < -0.39 is 0 Å². The summed E-state index contributed by atoms with van der Waals surface area (Å²) in [5.41, 5.74) is 2.31. The quantitative estimate of drug-likeness (QED) is 0.359. The van der Waals surface area contributed by atoms with Gasteiger partial charge in [-0.15, -0.1) is 32.9 Å². The maximum atomic E-state index is 13.3. The molecule has 31 heavy (non-hydrogen) atoms. The van der Waals surface area contributed by atoms with E-state index in [1.54, 1.807) is 22.7 Å². The smallest absolute Gasteiger partial charge is 0.233 e. The highest BCUT2D eigenvalue weighted by molar-refractivity contribution is 7.99. The van der Waals surface area contributed by atoms with Gasteiger partial charge < -0.3 is 9.47 Å². The molecule has 5 nitrogen and oxygen atoms in total. The second-order valence-corrected chi connectivity index (χ2v) is 10.2. The van der Waals surface area contributed by atoms with Crippen molar-refractivity contribution in [3.05, 3.63) is 74.6 Å². The molecule has 3 aromatic heterocycles. The first kappa shape index (κ1) is 20.5. The lowest BCUT2D eigenvalue weighted by atomic mass is 9.98. The summed E-state index contributed by atoms with van der Waals surface area (Å²) in [4.78, 5) is 18.0. The molecule has 158 valence electrons. The number of benzene rings is 1. The van der Waals surface area contributed by atoms with E-state index in [2.05, 4.69) is 50.6 Å². The fourth-order valence-corrected chi connectivity index (χ4v) is 6.68. The SMILES string of the molecule is CCn1c(SCC(=O)N2CCc3sccc3C2c2cccs2)nnc1-c1ccccc1. The maximum Gasteiger partial charge on any atom is 0.233 e.